The van der Waals surface area contributed by atoms with Gasteiger partial charge in [-0.05, 0) is 6.07 Å². The Morgan fingerprint density at radius 2 is 2.32 bits per heavy atom. The smallest absolute Gasteiger partial charge is 0.309 e. The van der Waals surface area contributed by atoms with E-state index in [4.69, 9.17) is 5.26 Å². The number of non-ortho nitro benzene ring substituents is 1. The SMILES string of the molecule is COC(=O)C(C)CSc1ccc([N+](=O)[O-])cc1C#N. The Morgan fingerprint density at radius 3 is 2.84 bits per heavy atom. The lowest BCUT2D eigenvalue weighted by atomic mass is 10.2. The molecule has 1 unspecified atom stereocenters. The van der Waals surface area contributed by atoms with Gasteiger partial charge in [0.05, 0.1) is 23.5 Å². The van der Waals surface area contributed by atoms with Gasteiger partial charge in [-0.1, -0.05) is 6.92 Å². The number of nitriles is 1. The van der Waals surface area contributed by atoms with Crippen molar-refractivity contribution in [2.75, 3.05) is 12.9 Å². The van der Waals surface area contributed by atoms with Gasteiger partial charge in [0.2, 0.25) is 0 Å². The zero-order valence-electron chi connectivity index (χ0n) is 10.5. The number of carbonyl (C=O) groups is 1. The fourth-order valence-corrected chi connectivity index (χ4v) is 2.32. The number of hydrogen-bond donors (Lipinski definition) is 0. The molecule has 0 N–H and O–H groups in total. The molecule has 0 saturated carbocycles. The Morgan fingerprint density at radius 1 is 1.63 bits per heavy atom. The molecule has 19 heavy (non-hydrogen) atoms. The molecule has 0 fully saturated rings. The van der Waals surface area contributed by atoms with E-state index in [0.29, 0.717) is 10.6 Å². The van der Waals surface area contributed by atoms with E-state index in [-0.39, 0.29) is 23.1 Å². The minimum absolute atomic E-state index is 0.123. The third kappa shape index (κ3) is 3.96. The topological polar surface area (TPSA) is 93.2 Å². The highest BCUT2D eigenvalue weighted by Gasteiger charge is 2.16. The molecule has 0 saturated heterocycles. The van der Waals surface area contributed by atoms with Crippen LogP contribution in [0.2, 0.25) is 0 Å². The number of methoxy groups -OCH3 is 1. The molecular weight excluding hydrogens is 268 g/mol. The van der Waals surface area contributed by atoms with Crippen molar-refractivity contribution in [2.24, 2.45) is 5.92 Å². The molecule has 0 heterocycles. The molecule has 0 spiro atoms. The number of nitro groups is 1. The lowest BCUT2D eigenvalue weighted by Crippen LogP contribution is -2.14. The Kier molecular flexibility index (Phi) is 5.33. The highest BCUT2D eigenvalue weighted by Crippen LogP contribution is 2.27. The highest BCUT2D eigenvalue weighted by atomic mass is 32.2. The molecule has 1 aromatic rings. The van der Waals surface area contributed by atoms with Crippen LogP contribution in [0, 0.1) is 27.4 Å². The second-order valence-electron chi connectivity index (χ2n) is 3.78. The van der Waals surface area contributed by atoms with Gasteiger partial charge in [0.1, 0.15) is 6.07 Å². The van der Waals surface area contributed by atoms with E-state index < -0.39 is 4.92 Å². The first-order chi connectivity index (χ1) is 8.99. The van der Waals surface area contributed by atoms with Gasteiger partial charge >= 0.3 is 5.97 Å². The molecule has 1 rings (SSSR count). The zero-order valence-corrected chi connectivity index (χ0v) is 11.3. The normalized spacial score (nSPS) is 11.4. The van der Waals surface area contributed by atoms with E-state index in [1.807, 2.05) is 6.07 Å². The maximum absolute atomic E-state index is 11.2. The van der Waals surface area contributed by atoms with Crippen LogP contribution in [0.15, 0.2) is 23.1 Å². The minimum atomic E-state index is -0.549. The molecule has 0 aliphatic carbocycles. The number of nitro benzene ring substituents is 1. The Balaban J connectivity index is 2.82. The second-order valence-corrected chi connectivity index (χ2v) is 4.85. The molecule has 0 radical (unpaired) electrons. The van der Waals surface area contributed by atoms with Crippen molar-refractivity contribution in [1.82, 2.24) is 0 Å². The lowest BCUT2D eigenvalue weighted by Gasteiger charge is -2.09. The predicted molar refractivity (Wildman–Crippen MR) is 69.7 cm³/mol. The van der Waals surface area contributed by atoms with Crippen LogP contribution in [0.1, 0.15) is 12.5 Å². The van der Waals surface area contributed by atoms with Crippen LogP contribution in [0.3, 0.4) is 0 Å². The quantitative estimate of drug-likeness (QED) is 0.356. The minimum Gasteiger partial charge on any atom is -0.469 e. The van der Waals surface area contributed by atoms with Crippen molar-refractivity contribution in [2.45, 2.75) is 11.8 Å². The summed E-state index contributed by atoms with van der Waals surface area (Å²) in [5.74, 6) is -0.191. The molecule has 1 atom stereocenters. The number of benzene rings is 1. The van der Waals surface area contributed by atoms with Crippen LogP contribution < -0.4 is 0 Å². The van der Waals surface area contributed by atoms with Gasteiger partial charge in [-0.15, -0.1) is 11.8 Å². The van der Waals surface area contributed by atoms with Gasteiger partial charge in [0.15, 0.2) is 0 Å². The molecule has 0 aliphatic rings. The van der Waals surface area contributed by atoms with Crippen LogP contribution in [-0.2, 0) is 9.53 Å². The number of rotatable bonds is 5. The van der Waals surface area contributed by atoms with Crippen molar-refractivity contribution < 1.29 is 14.5 Å². The summed E-state index contributed by atoms with van der Waals surface area (Å²) in [7, 11) is 1.32. The van der Waals surface area contributed by atoms with Crippen LogP contribution >= 0.6 is 11.8 Å². The van der Waals surface area contributed by atoms with Gasteiger partial charge in [-0.25, -0.2) is 0 Å². The summed E-state index contributed by atoms with van der Waals surface area (Å²) in [6.45, 7) is 1.72. The summed E-state index contributed by atoms with van der Waals surface area (Å²) in [6.07, 6.45) is 0. The second kappa shape index (κ2) is 6.75. The van der Waals surface area contributed by atoms with Gasteiger partial charge in [0.25, 0.3) is 5.69 Å². The van der Waals surface area contributed by atoms with Crippen LogP contribution in [0.4, 0.5) is 5.69 Å². The van der Waals surface area contributed by atoms with Crippen LogP contribution in [0.25, 0.3) is 0 Å². The maximum atomic E-state index is 11.2. The first kappa shape index (κ1) is 15.0. The van der Waals surface area contributed by atoms with Gasteiger partial charge in [0, 0.05) is 22.8 Å². The third-order valence-corrected chi connectivity index (χ3v) is 3.72. The predicted octanol–water partition coefficient (Wildman–Crippen LogP) is 2.37. The summed E-state index contributed by atoms with van der Waals surface area (Å²) < 4.78 is 4.60. The highest BCUT2D eigenvalue weighted by molar-refractivity contribution is 7.99. The molecule has 0 aromatic heterocycles. The van der Waals surface area contributed by atoms with E-state index >= 15 is 0 Å². The van der Waals surface area contributed by atoms with Crippen molar-refractivity contribution in [3.8, 4) is 6.07 Å². The standard InChI is InChI=1S/C12H12N2O4S/c1-8(12(15)18-2)7-19-11-4-3-10(14(16)17)5-9(11)6-13/h3-5,8H,7H2,1-2H3. The van der Waals surface area contributed by atoms with Crippen molar-refractivity contribution in [1.29, 1.82) is 5.26 Å². The van der Waals surface area contributed by atoms with Crippen molar-refractivity contribution in [3.05, 3.63) is 33.9 Å². The maximum Gasteiger partial charge on any atom is 0.309 e. The van der Waals surface area contributed by atoms with E-state index in [1.165, 1.54) is 37.1 Å². The average molecular weight is 280 g/mol. The molecule has 6 nitrogen and oxygen atoms in total. The molecular formula is C12H12N2O4S. The molecule has 0 bridgehead atoms. The summed E-state index contributed by atoms with van der Waals surface area (Å²) in [5, 5.41) is 19.6. The molecule has 0 aliphatic heterocycles. The molecule has 100 valence electrons. The van der Waals surface area contributed by atoms with E-state index in [0.717, 1.165) is 0 Å². The van der Waals surface area contributed by atoms with E-state index in [2.05, 4.69) is 4.74 Å². The third-order valence-electron chi connectivity index (χ3n) is 2.39. The molecule has 1 aromatic carbocycles. The van der Waals surface area contributed by atoms with E-state index in [9.17, 15) is 14.9 Å². The van der Waals surface area contributed by atoms with Crippen molar-refractivity contribution >= 4 is 23.4 Å². The Labute approximate surface area is 114 Å². The Hall–Kier alpha value is -2.07. The number of hydrogen-bond acceptors (Lipinski definition) is 6. The average Bonchev–Trinajstić information content (AvgIpc) is 2.43. The van der Waals surface area contributed by atoms with Gasteiger partial charge < -0.3 is 4.74 Å². The fourth-order valence-electron chi connectivity index (χ4n) is 1.33. The zero-order chi connectivity index (χ0) is 14.4. The summed E-state index contributed by atoms with van der Waals surface area (Å²) in [6, 6.07) is 6.00. The molecule has 7 heteroatoms. The number of nitrogens with zero attached hydrogens (tertiary/aromatic N) is 2. The van der Waals surface area contributed by atoms with E-state index in [1.54, 1.807) is 6.92 Å². The monoisotopic (exact) mass is 280 g/mol. The number of carbonyl (C=O) groups excluding carboxylic acids is 1. The number of esters is 1. The summed E-state index contributed by atoms with van der Waals surface area (Å²) in [5.41, 5.74) is 0.109. The number of thioether (sulfide) groups is 1. The summed E-state index contributed by atoms with van der Waals surface area (Å²) in [4.78, 5) is 21.9. The first-order valence-corrected chi connectivity index (χ1v) is 6.37. The Bertz CT molecular complexity index is 539. The first-order valence-electron chi connectivity index (χ1n) is 5.38. The van der Waals surface area contributed by atoms with Crippen LogP contribution in [0.5, 0.6) is 0 Å². The van der Waals surface area contributed by atoms with Crippen molar-refractivity contribution in [3.63, 3.8) is 0 Å². The fraction of sp³-hybridized carbons (Fsp3) is 0.333. The van der Waals surface area contributed by atoms with Gasteiger partial charge in [-0.2, -0.15) is 5.26 Å². The number of ether oxygens (including phenoxy) is 1. The molecule has 0 amide bonds. The lowest BCUT2D eigenvalue weighted by molar-refractivity contribution is -0.384. The largest absolute Gasteiger partial charge is 0.469 e. The van der Waals surface area contributed by atoms with Gasteiger partial charge in [-0.3, -0.25) is 14.9 Å². The van der Waals surface area contributed by atoms with Crippen LogP contribution in [-0.4, -0.2) is 23.8 Å². The summed E-state index contributed by atoms with van der Waals surface area (Å²) >= 11 is 1.30.